The zero-order valence-corrected chi connectivity index (χ0v) is 16.0. The Labute approximate surface area is 166 Å². The van der Waals surface area contributed by atoms with Crippen LogP contribution in [-0.4, -0.2) is 43.2 Å². The molecule has 0 aliphatic rings. The summed E-state index contributed by atoms with van der Waals surface area (Å²) in [5.74, 6) is 0.152. The number of pyridine rings is 1. The van der Waals surface area contributed by atoms with Crippen molar-refractivity contribution in [1.29, 1.82) is 0 Å². The van der Waals surface area contributed by atoms with Crippen LogP contribution in [0.2, 0.25) is 0 Å². The quantitative estimate of drug-likeness (QED) is 0.483. The van der Waals surface area contributed by atoms with Gasteiger partial charge in [-0.1, -0.05) is 12.1 Å². The molecule has 0 spiro atoms. The average molecular weight is 409 g/mol. The minimum atomic E-state index is -4.42. The van der Waals surface area contributed by atoms with Crippen LogP contribution in [0.4, 0.5) is 18.9 Å². The molecule has 0 saturated carbocycles. The van der Waals surface area contributed by atoms with E-state index in [9.17, 15) is 18.0 Å². The molecule has 1 aromatic carbocycles. The topological polar surface area (TPSA) is 87.6 Å². The molecule has 7 nitrogen and oxygen atoms in total. The van der Waals surface area contributed by atoms with Crippen molar-refractivity contribution in [2.45, 2.75) is 19.6 Å². The molecular weight excluding hydrogens is 387 g/mol. The number of anilines is 1. The fourth-order valence-electron chi connectivity index (χ4n) is 2.31. The number of benzene rings is 1. The molecule has 0 saturated heterocycles. The van der Waals surface area contributed by atoms with Crippen LogP contribution in [0.3, 0.4) is 0 Å². The lowest BCUT2D eigenvalue weighted by molar-refractivity contribution is -0.153. The smallest absolute Gasteiger partial charge is 0.422 e. The van der Waals surface area contributed by atoms with Crippen LogP contribution in [0.1, 0.15) is 11.1 Å². The van der Waals surface area contributed by atoms with E-state index in [1.807, 2.05) is 0 Å². The van der Waals surface area contributed by atoms with Crippen molar-refractivity contribution in [3.8, 4) is 5.75 Å². The molecule has 10 heteroatoms. The van der Waals surface area contributed by atoms with Gasteiger partial charge in [-0.2, -0.15) is 13.2 Å². The molecule has 1 heterocycles. The van der Waals surface area contributed by atoms with Gasteiger partial charge in [-0.3, -0.25) is 14.8 Å². The lowest BCUT2D eigenvalue weighted by atomic mass is 10.1. The maximum atomic E-state index is 12.5. The van der Waals surface area contributed by atoms with Crippen LogP contribution in [0.15, 0.2) is 47.7 Å². The van der Waals surface area contributed by atoms with Gasteiger partial charge in [-0.05, 0) is 30.7 Å². The highest BCUT2D eigenvalue weighted by atomic mass is 19.4. The Morgan fingerprint density at radius 3 is 2.69 bits per heavy atom. The van der Waals surface area contributed by atoms with Crippen molar-refractivity contribution >= 4 is 17.6 Å². The Balaban J connectivity index is 1.89. The molecule has 2 aromatic rings. The van der Waals surface area contributed by atoms with E-state index >= 15 is 0 Å². The van der Waals surface area contributed by atoms with E-state index in [1.54, 1.807) is 43.5 Å². The molecule has 1 amide bonds. The number of hydrogen-bond donors (Lipinski definition) is 3. The number of rotatable bonds is 7. The molecule has 0 fully saturated rings. The van der Waals surface area contributed by atoms with E-state index in [0.29, 0.717) is 17.2 Å². The van der Waals surface area contributed by atoms with Gasteiger partial charge < -0.3 is 20.7 Å². The SMILES string of the molecule is CN=C(NCC(=O)Nc1cccnc1)NCc1ccc(C)cc1OCC(F)(F)F. The van der Waals surface area contributed by atoms with Gasteiger partial charge in [0, 0.05) is 25.4 Å². The molecule has 0 bridgehead atoms. The van der Waals surface area contributed by atoms with E-state index in [4.69, 9.17) is 4.74 Å². The normalized spacial score (nSPS) is 11.7. The predicted molar refractivity (Wildman–Crippen MR) is 104 cm³/mol. The summed E-state index contributed by atoms with van der Waals surface area (Å²) in [4.78, 5) is 19.9. The first kappa shape index (κ1) is 22.0. The molecule has 2 rings (SSSR count). The number of amides is 1. The highest BCUT2D eigenvalue weighted by Gasteiger charge is 2.28. The number of aryl methyl sites for hydroxylation is 1. The molecule has 0 unspecified atom stereocenters. The van der Waals surface area contributed by atoms with Gasteiger partial charge in [0.05, 0.1) is 18.4 Å². The number of hydrogen-bond acceptors (Lipinski definition) is 4. The summed E-state index contributed by atoms with van der Waals surface area (Å²) < 4.78 is 42.3. The Morgan fingerprint density at radius 1 is 1.24 bits per heavy atom. The van der Waals surface area contributed by atoms with Gasteiger partial charge in [-0.15, -0.1) is 0 Å². The fraction of sp³-hybridized carbons (Fsp3) is 0.316. The number of carbonyl (C=O) groups excluding carboxylic acids is 1. The second-order valence-electron chi connectivity index (χ2n) is 6.08. The maximum Gasteiger partial charge on any atom is 0.422 e. The van der Waals surface area contributed by atoms with Crippen molar-refractivity contribution in [1.82, 2.24) is 15.6 Å². The molecule has 1 aromatic heterocycles. The molecule has 0 aliphatic heterocycles. The second-order valence-corrected chi connectivity index (χ2v) is 6.08. The third-order valence-electron chi connectivity index (χ3n) is 3.65. The minimum absolute atomic E-state index is 0.0557. The molecule has 3 N–H and O–H groups in total. The summed E-state index contributed by atoms with van der Waals surface area (Å²) in [6.45, 7) is 0.501. The lowest BCUT2D eigenvalue weighted by Crippen LogP contribution is -2.41. The lowest BCUT2D eigenvalue weighted by Gasteiger charge is -2.16. The van der Waals surface area contributed by atoms with E-state index < -0.39 is 12.8 Å². The predicted octanol–water partition coefficient (Wildman–Crippen LogP) is 2.63. The summed E-state index contributed by atoms with van der Waals surface area (Å²) in [5.41, 5.74) is 1.87. The zero-order valence-electron chi connectivity index (χ0n) is 16.0. The van der Waals surface area contributed by atoms with Gasteiger partial charge >= 0.3 is 6.18 Å². The van der Waals surface area contributed by atoms with Gasteiger partial charge in [0.25, 0.3) is 0 Å². The standard InChI is InChI=1S/C19H22F3N5O2/c1-13-5-6-14(16(8-13)29-12-19(20,21)22)9-25-18(23-2)26-11-17(28)27-15-4-3-7-24-10-15/h3-8,10H,9,11-12H2,1-2H3,(H,27,28)(H2,23,25,26). The van der Waals surface area contributed by atoms with Crippen LogP contribution >= 0.6 is 0 Å². The minimum Gasteiger partial charge on any atom is -0.484 e. The highest BCUT2D eigenvalue weighted by molar-refractivity contribution is 5.94. The third-order valence-corrected chi connectivity index (χ3v) is 3.65. The van der Waals surface area contributed by atoms with Gasteiger partial charge in [0.15, 0.2) is 12.6 Å². The number of halogens is 3. The first-order valence-electron chi connectivity index (χ1n) is 8.70. The highest BCUT2D eigenvalue weighted by Crippen LogP contribution is 2.23. The van der Waals surface area contributed by atoms with Crippen LogP contribution in [-0.2, 0) is 11.3 Å². The Hall–Kier alpha value is -3.30. The second kappa shape index (κ2) is 10.3. The average Bonchev–Trinajstić information content (AvgIpc) is 2.67. The monoisotopic (exact) mass is 409 g/mol. The van der Waals surface area contributed by atoms with Crippen molar-refractivity contribution in [2.24, 2.45) is 4.99 Å². The fourth-order valence-corrected chi connectivity index (χ4v) is 2.31. The Bertz CT molecular complexity index is 841. The van der Waals surface area contributed by atoms with Crippen LogP contribution in [0, 0.1) is 6.92 Å². The van der Waals surface area contributed by atoms with Gasteiger partial charge in [0.2, 0.25) is 5.91 Å². The number of nitrogens with one attached hydrogen (secondary N) is 3. The molecule has 156 valence electrons. The Kier molecular flexibility index (Phi) is 7.81. The van der Waals surface area contributed by atoms with Gasteiger partial charge in [-0.25, -0.2) is 0 Å². The summed E-state index contributed by atoms with van der Waals surface area (Å²) in [7, 11) is 1.52. The van der Waals surface area contributed by atoms with Crippen molar-refractivity contribution in [3.05, 3.63) is 53.9 Å². The van der Waals surface area contributed by atoms with E-state index in [1.165, 1.54) is 13.2 Å². The number of guanidine groups is 1. The van der Waals surface area contributed by atoms with Gasteiger partial charge in [0.1, 0.15) is 5.75 Å². The molecule has 0 aliphatic carbocycles. The summed E-state index contributed by atoms with van der Waals surface area (Å²) >= 11 is 0. The van der Waals surface area contributed by atoms with Crippen LogP contribution in [0.5, 0.6) is 5.75 Å². The zero-order chi connectivity index (χ0) is 21.3. The van der Waals surface area contributed by atoms with E-state index in [2.05, 4.69) is 25.9 Å². The largest absolute Gasteiger partial charge is 0.484 e. The van der Waals surface area contributed by atoms with Crippen LogP contribution < -0.4 is 20.7 Å². The number of aromatic nitrogens is 1. The maximum absolute atomic E-state index is 12.5. The van der Waals surface area contributed by atoms with E-state index in [-0.39, 0.29) is 24.7 Å². The van der Waals surface area contributed by atoms with Crippen molar-refractivity contribution < 1.29 is 22.7 Å². The molecular formula is C19H22F3N5O2. The number of carbonyl (C=O) groups is 1. The van der Waals surface area contributed by atoms with E-state index in [0.717, 1.165) is 5.56 Å². The van der Waals surface area contributed by atoms with Crippen LogP contribution in [0.25, 0.3) is 0 Å². The number of nitrogens with zero attached hydrogens (tertiary/aromatic N) is 2. The number of alkyl halides is 3. The summed E-state index contributed by atoms with van der Waals surface area (Å²) in [5, 5.41) is 8.45. The van der Waals surface area contributed by atoms with Crippen molar-refractivity contribution in [2.75, 3.05) is 25.5 Å². The number of ether oxygens (including phenoxy) is 1. The first-order valence-corrected chi connectivity index (χ1v) is 8.70. The van der Waals surface area contributed by atoms with Crippen molar-refractivity contribution in [3.63, 3.8) is 0 Å². The number of aliphatic imine (C=N–C) groups is 1. The molecule has 0 atom stereocenters. The molecule has 0 radical (unpaired) electrons. The first-order chi connectivity index (χ1) is 13.8. The summed E-state index contributed by atoms with van der Waals surface area (Å²) in [6.07, 6.45) is -1.31. The summed E-state index contributed by atoms with van der Waals surface area (Å²) in [6, 6.07) is 8.40. The Morgan fingerprint density at radius 2 is 2.03 bits per heavy atom. The third kappa shape index (κ3) is 8.08. The molecule has 29 heavy (non-hydrogen) atoms.